The third-order valence-corrected chi connectivity index (χ3v) is 5.61. The number of carbonyl (C=O) groups is 1. The van der Waals surface area contributed by atoms with Crippen molar-refractivity contribution in [2.75, 3.05) is 0 Å². The van der Waals surface area contributed by atoms with Crippen LogP contribution in [0.4, 0.5) is 0 Å². The van der Waals surface area contributed by atoms with Crippen LogP contribution < -0.4 is 4.74 Å². The molecule has 0 spiro atoms. The Labute approximate surface area is 208 Å². The summed E-state index contributed by atoms with van der Waals surface area (Å²) in [6.45, 7) is -1.60. The molecule has 0 heterocycles. The minimum Gasteiger partial charge on any atom is -0.489 e. The number of rotatable bonds is 11. The molecule has 4 heteroatoms. The van der Waals surface area contributed by atoms with Crippen molar-refractivity contribution in [3.8, 4) is 5.75 Å². The normalized spacial score (nSPS) is 13.0. The Balaban J connectivity index is 1.69. The predicted molar refractivity (Wildman–Crippen MR) is 136 cm³/mol. The SMILES string of the molecule is [2H]C([2H])(OCc1ccccc1)c1ccc(OCc2ccccc2)c([C@H](CC(=O)Cl)c2ccccc2)c1. The summed E-state index contributed by atoms with van der Waals surface area (Å²) in [4.78, 5) is 12.1. The summed E-state index contributed by atoms with van der Waals surface area (Å²) < 4.78 is 29.1. The molecule has 0 N–H and O–H groups in total. The molecule has 172 valence electrons. The average Bonchev–Trinajstić information content (AvgIpc) is 2.91. The number of hydrogen-bond acceptors (Lipinski definition) is 3. The van der Waals surface area contributed by atoms with Gasteiger partial charge in [0.2, 0.25) is 5.24 Å². The molecule has 4 aromatic carbocycles. The third kappa shape index (κ3) is 6.80. The molecule has 3 nitrogen and oxygen atoms in total. The smallest absolute Gasteiger partial charge is 0.222 e. The summed E-state index contributed by atoms with van der Waals surface area (Å²) in [5, 5.41) is -0.480. The van der Waals surface area contributed by atoms with Gasteiger partial charge >= 0.3 is 0 Å². The fraction of sp³-hybridized carbons (Fsp3) is 0.167. The van der Waals surface area contributed by atoms with Gasteiger partial charge in [0.05, 0.1) is 15.9 Å². The number of halogens is 1. The van der Waals surface area contributed by atoms with Crippen LogP contribution in [-0.4, -0.2) is 5.24 Å². The minimum atomic E-state index is -2.06. The zero-order valence-corrected chi connectivity index (χ0v) is 19.4. The Hall–Kier alpha value is -3.40. The lowest BCUT2D eigenvalue weighted by molar-refractivity contribution is -0.111. The van der Waals surface area contributed by atoms with Crippen LogP contribution in [0, 0.1) is 0 Å². The van der Waals surface area contributed by atoms with Crippen molar-refractivity contribution in [3.63, 3.8) is 0 Å². The van der Waals surface area contributed by atoms with Crippen LogP contribution in [0.2, 0.25) is 0 Å². The molecule has 34 heavy (non-hydrogen) atoms. The second-order valence-electron chi connectivity index (χ2n) is 7.93. The van der Waals surface area contributed by atoms with E-state index < -0.39 is 17.7 Å². The van der Waals surface area contributed by atoms with E-state index in [1.54, 1.807) is 18.2 Å². The third-order valence-electron chi connectivity index (χ3n) is 5.46. The molecule has 0 bridgehead atoms. The van der Waals surface area contributed by atoms with Crippen molar-refractivity contribution in [2.24, 2.45) is 0 Å². The highest BCUT2D eigenvalue weighted by atomic mass is 35.5. The summed E-state index contributed by atoms with van der Waals surface area (Å²) in [6, 6.07) is 33.9. The maximum Gasteiger partial charge on any atom is 0.222 e. The van der Waals surface area contributed by atoms with E-state index in [9.17, 15) is 4.79 Å². The van der Waals surface area contributed by atoms with Gasteiger partial charge in [0.15, 0.2) is 0 Å². The van der Waals surface area contributed by atoms with Crippen molar-refractivity contribution in [1.29, 1.82) is 0 Å². The Morgan fingerprint density at radius 2 is 1.35 bits per heavy atom. The Kier molecular flexibility index (Phi) is 7.57. The summed E-state index contributed by atoms with van der Waals surface area (Å²) in [7, 11) is 0. The highest BCUT2D eigenvalue weighted by Gasteiger charge is 2.22. The van der Waals surface area contributed by atoms with Gasteiger partial charge in [-0.2, -0.15) is 0 Å². The van der Waals surface area contributed by atoms with Gasteiger partial charge < -0.3 is 9.47 Å². The van der Waals surface area contributed by atoms with Crippen molar-refractivity contribution < 1.29 is 17.0 Å². The first-order valence-electron chi connectivity index (χ1n) is 12.1. The Bertz CT molecular complexity index is 1270. The number of ether oxygens (including phenoxy) is 2. The quantitative estimate of drug-likeness (QED) is 0.215. The molecule has 0 aliphatic heterocycles. The van der Waals surface area contributed by atoms with E-state index in [4.69, 9.17) is 23.8 Å². The Morgan fingerprint density at radius 3 is 1.97 bits per heavy atom. The molecule has 0 aromatic heterocycles. The van der Waals surface area contributed by atoms with Crippen LogP contribution in [0.5, 0.6) is 5.75 Å². The average molecular weight is 473 g/mol. The van der Waals surface area contributed by atoms with Gasteiger partial charge in [-0.05, 0) is 46.0 Å². The van der Waals surface area contributed by atoms with Gasteiger partial charge in [-0.25, -0.2) is 0 Å². The maximum atomic E-state index is 12.1. The molecule has 0 aliphatic carbocycles. The molecule has 0 amide bonds. The molecule has 1 atom stereocenters. The largest absolute Gasteiger partial charge is 0.489 e. The molecular weight excluding hydrogens is 444 g/mol. The summed E-state index contributed by atoms with van der Waals surface area (Å²) in [5.41, 5.74) is 3.77. The van der Waals surface area contributed by atoms with E-state index in [0.29, 0.717) is 23.5 Å². The minimum absolute atomic E-state index is 0.0462. The lowest BCUT2D eigenvalue weighted by Gasteiger charge is -2.21. The highest BCUT2D eigenvalue weighted by Crippen LogP contribution is 2.36. The molecule has 0 radical (unpaired) electrons. The summed E-state index contributed by atoms with van der Waals surface area (Å²) >= 11 is 5.87. The highest BCUT2D eigenvalue weighted by molar-refractivity contribution is 6.63. The lowest BCUT2D eigenvalue weighted by Crippen LogP contribution is -2.09. The van der Waals surface area contributed by atoms with E-state index in [-0.39, 0.29) is 13.0 Å². The van der Waals surface area contributed by atoms with Crippen LogP contribution in [-0.2, 0) is 29.3 Å². The number of benzene rings is 4. The molecular formula is C30H27ClO3. The zero-order valence-electron chi connectivity index (χ0n) is 20.7. The lowest BCUT2D eigenvalue weighted by atomic mass is 9.87. The van der Waals surface area contributed by atoms with Gasteiger partial charge in [-0.15, -0.1) is 0 Å². The van der Waals surface area contributed by atoms with E-state index in [1.165, 1.54) is 0 Å². The van der Waals surface area contributed by atoms with Crippen molar-refractivity contribution >= 4 is 16.8 Å². The van der Waals surface area contributed by atoms with Gasteiger partial charge in [-0.1, -0.05) is 97.1 Å². The molecule has 0 unspecified atom stereocenters. The van der Waals surface area contributed by atoms with E-state index in [0.717, 1.165) is 16.7 Å². The van der Waals surface area contributed by atoms with Crippen LogP contribution in [0.25, 0.3) is 0 Å². The molecule has 0 fully saturated rings. The molecule has 0 saturated heterocycles. The standard InChI is InChI=1S/C30H27ClO3/c31-30(32)19-27(26-14-8-3-9-15-26)28-18-25(21-33-20-23-10-4-1-5-11-23)16-17-29(28)34-22-24-12-6-2-7-13-24/h1-18,27H,19-22H2/t27-/m1/s1/i21D2. The molecule has 4 aromatic rings. The van der Waals surface area contributed by atoms with E-state index in [2.05, 4.69) is 0 Å². The number of carbonyl (C=O) groups excluding carboxylic acids is 1. The van der Waals surface area contributed by atoms with Crippen LogP contribution in [0.3, 0.4) is 0 Å². The van der Waals surface area contributed by atoms with Gasteiger partial charge in [0.1, 0.15) is 12.4 Å². The predicted octanol–water partition coefficient (Wildman–Crippen LogP) is 7.27. The second-order valence-corrected chi connectivity index (χ2v) is 8.35. The summed E-state index contributed by atoms with van der Waals surface area (Å²) in [6.07, 6.45) is 0.0462. The van der Waals surface area contributed by atoms with Gasteiger partial charge in [0.25, 0.3) is 0 Å². The van der Waals surface area contributed by atoms with Crippen LogP contribution in [0.15, 0.2) is 109 Å². The number of hydrogen-bond donors (Lipinski definition) is 0. The topological polar surface area (TPSA) is 35.5 Å². The zero-order chi connectivity index (χ0) is 25.4. The summed E-state index contributed by atoms with van der Waals surface area (Å²) in [5.74, 6) is 0.153. The molecule has 0 saturated carbocycles. The first-order chi connectivity index (χ1) is 17.4. The second kappa shape index (κ2) is 12.2. The first-order valence-corrected chi connectivity index (χ1v) is 11.5. The molecule has 0 aliphatic rings. The van der Waals surface area contributed by atoms with E-state index in [1.807, 2.05) is 91.0 Å². The van der Waals surface area contributed by atoms with Crippen molar-refractivity contribution in [3.05, 3.63) is 137 Å². The monoisotopic (exact) mass is 472 g/mol. The van der Waals surface area contributed by atoms with Gasteiger partial charge in [-0.3, -0.25) is 4.79 Å². The van der Waals surface area contributed by atoms with Crippen molar-refractivity contribution in [1.82, 2.24) is 0 Å². The van der Waals surface area contributed by atoms with Crippen LogP contribution in [0.1, 0.15) is 42.9 Å². The van der Waals surface area contributed by atoms with Crippen LogP contribution >= 0.6 is 11.6 Å². The fourth-order valence-corrected chi connectivity index (χ4v) is 3.94. The van der Waals surface area contributed by atoms with Crippen molar-refractivity contribution in [2.45, 2.75) is 32.1 Å². The molecule has 4 rings (SSSR count). The first kappa shape index (κ1) is 21.2. The Morgan fingerprint density at radius 1 is 0.765 bits per heavy atom. The van der Waals surface area contributed by atoms with E-state index >= 15 is 0 Å². The maximum absolute atomic E-state index is 12.1. The van der Waals surface area contributed by atoms with Gasteiger partial charge in [0, 0.05) is 17.9 Å². The fourth-order valence-electron chi connectivity index (χ4n) is 3.78.